The van der Waals surface area contributed by atoms with Gasteiger partial charge in [0.2, 0.25) is 53.2 Å². The minimum Gasteiger partial charge on any atom is -0.370 e. The number of imidazole rings is 1. The number of aliphatic imine (C=N–C) groups is 1. The topological polar surface area (TPSA) is 370 Å². The number of H-pyrrole nitrogens is 2. The summed E-state index contributed by atoms with van der Waals surface area (Å²) in [5, 5.41) is 20.3. The van der Waals surface area contributed by atoms with E-state index in [0.717, 1.165) is 10.9 Å². The molecule has 434 valence electrons. The van der Waals surface area contributed by atoms with Crippen LogP contribution in [0.5, 0.6) is 0 Å². The third-order valence-corrected chi connectivity index (χ3v) is 14.9. The van der Waals surface area contributed by atoms with Crippen molar-refractivity contribution in [3.8, 4) is 0 Å². The molecule has 0 saturated carbocycles. The molecule has 25 heteroatoms. The first-order valence-electron chi connectivity index (χ1n) is 27.7. The molecule has 9 amide bonds. The molecular weight excluding hydrogens is 1040 g/mol. The lowest BCUT2D eigenvalue weighted by atomic mass is 10.0. The van der Waals surface area contributed by atoms with Crippen LogP contribution in [0, 0.1) is 0 Å². The number of Topliss-reactive ketones (excluding diaryl/α,β-unsaturated/α-hetero) is 1. The van der Waals surface area contributed by atoms with Gasteiger partial charge in [0, 0.05) is 87.8 Å². The van der Waals surface area contributed by atoms with Crippen LogP contribution in [-0.4, -0.2) is 164 Å². The fraction of sp³-hybridized carbons (Fsp3) is 0.500. The van der Waals surface area contributed by atoms with Crippen molar-refractivity contribution >= 4 is 75.8 Å². The summed E-state index contributed by atoms with van der Waals surface area (Å²) in [5.74, 6) is -6.19. The number of ketones is 1. The zero-order valence-electron chi connectivity index (χ0n) is 45.8. The molecule has 3 saturated heterocycles. The predicted octanol–water partition coefficient (Wildman–Crippen LogP) is -0.448. The van der Waals surface area contributed by atoms with Crippen molar-refractivity contribution in [1.82, 2.24) is 62.0 Å². The maximum absolute atomic E-state index is 15.1. The van der Waals surface area contributed by atoms with E-state index in [9.17, 15) is 43.2 Å². The van der Waals surface area contributed by atoms with Crippen LogP contribution in [0.4, 0.5) is 0 Å². The van der Waals surface area contributed by atoms with Gasteiger partial charge in [0.15, 0.2) is 11.7 Å². The number of hydrogen-bond acceptors (Lipinski definition) is 12. The van der Waals surface area contributed by atoms with Gasteiger partial charge in [0.05, 0.1) is 12.4 Å². The third-order valence-electron chi connectivity index (χ3n) is 14.9. The zero-order chi connectivity index (χ0) is 58.0. The summed E-state index contributed by atoms with van der Waals surface area (Å²) < 4.78 is 0. The summed E-state index contributed by atoms with van der Waals surface area (Å²) in [5.41, 5.74) is 13.8. The van der Waals surface area contributed by atoms with E-state index < -0.39 is 95.6 Å². The number of para-hydroxylation sites is 1. The maximum Gasteiger partial charge on any atom is 0.245 e. The number of carbonyl (C=O) groups excluding carboxylic acids is 10. The van der Waals surface area contributed by atoms with Gasteiger partial charge in [-0.25, -0.2) is 4.98 Å². The highest BCUT2D eigenvalue weighted by Gasteiger charge is 2.43. The molecule has 25 nitrogen and oxygen atoms in total. The normalized spacial score (nSPS) is 24.1. The molecule has 81 heavy (non-hydrogen) atoms. The predicted molar refractivity (Wildman–Crippen MR) is 298 cm³/mol. The summed E-state index contributed by atoms with van der Waals surface area (Å²) in [6.07, 6.45) is 6.63. The molecule has 0 radical (unpaired) electrons. The van der Waals surface area contributed by atoms with Gasteiger partial charge in [0.25, 0.3) is 0 Å². The molecule has 3 fully saturated rings. The van der Waals surface area contributed by atoms with E-state index in [2.05, 4.69) is 57.2 Å². The number of rotatable bonds is 14. The van der Waals surface area contributed by atoms with E-state index in [-0.39, 0.29) is 95.1 Å². The quantitative estimate of drug-likeness (QED) is 0.0434. The van der Waals surface area contributed by atoms with Crippen LogP contribution in [-0.2, 0) is 67.2 Å². The molecule has 2 aromatic carbocycles. The first-order valence-corrected chi connectivity index (χ1v) is 27.7. The average Bonchev–Trinajstić information content (AvgIpc) is 4.31. The fourth-order valence-corrected chi connectivity index (χ4v) is 10.7. The monoisotopic (exact) mass is 1120 g/mol. The molecule has 4 aromatic rings. The first-order chi connectivity index (χ1) is 38.9. The van der Waals surface area contributed by atoms with Gasteiger partial charge in [-0.05, 0) is 88.3 Å². The summed E-state index contributed by atoms with van der Waals surface area (Å²) in [7, 11) is 0. The highest BCUT2D eigenvalue weighted by atomic mass is 16.2. The second-order valence-corrected chi connectivity index (χ2v) is 20.9. The van der Waals surface area contributed by atoms with Gasteiger partial charge in [-0.15, -0.1) is 0 Å². The molecule has 0 aliphatic carbocycles. The number of hydrogen-bond donors (Lipinski definition) is 11. The van der Waals surface area contributed by atoms with Crippen molar-refractivity contribution in [2.24, 2.45) is 16.5 Å². The molecule has 0 unspecified atom stereocenters. The van der Waals surface area contributed by atoms with E-state index in [1.54, 1.807) is 41.4 Å². The Morgan fingerprint density at radius 1 is 0.667 bits per heavy atom. The molecule has 5 heterocycles. The van der Waals surface area contributed by atoms with E-state index in [0.29, 0.717) is 55.5 Å². The molecule has 8 atom stereocenters. The number of fused-ring (bicyclic) bond motifs is 1. The molecule has 2 aromatic heterocycles. The molecule has 7 rings (SSSR count). The second kappa shape index (κ2) is 29.0. The summed E-state index contributed by atoms with van der Waals surface area (Å²) in [6.45, 7) is 3.41. The Kier molecular flexibility index (Phi) is 21.5. The SMILES string of the molecule is CC(=O)N[C@H]1CCC(=O)NCCCC[C@@H](C(=O)N2CCC[C@H]2C(=O)N2CCC[C@H]2C(C)=O)NC(=O)[C@H](Cc2c[nH]c3ccccc23)NC(=O)[C@H](CCCN=C(N)N)NC(=O)[C@@H](Cc2ccccc2)NC(=O)[C@H](Cc2cnc[nH]2)NC1=O. The second-order valence-electron chi connectivity index (χ2n) is 20.9. The molecule has 3 aliphatic rings. The number of guanidine groups is 1. The lowest BCUT2D eigenvalue weighted by Gasteiger charge is -2.33. The van der Waals surface area contributed by atoms with Gasteiger partial charge in [-0.2, -0.15) is 0 Å². The number of likely N-dealkylation sites (tertiary alicyclic amines) is 2. The van der Waals surface area contributed by atoms with Crippen molar-refractivity contribution in [3.63, 3.8) is 0 Å². The van der Waals surface area contributed by atoms with Crippen LogP contribution >= 0.6 is 0 Å². The van der Waals surface area contributed by atoms with Crippen molar-refractivity contribution in [3.05, 3.63) is 90.1 Å². The Morgan fingerprint density at radius 3 is 1.99 bits per heavy atom. The molecule has 0 bridgehead atoms. The Bertz CT molecular complexity index is 2910. The minimum atomic E-state index is -1.38. The Morgan fingerprint density at radius 2 is 1.30 bits per heavy atom. The van der Waals surface area contributed by atoms with Gasteiger partial charge in [0.1, 0.15) is 42.3 Å². The van der Waals surface area contributed by atoms with Gasteiger partial charge in [-0.1, -0.05) is 48.5 Å². The number of amides is 9. The highest BCUT2D eigenvalue weighted by Crippen LogP contribution is 2.27. The van der Waals surface area contributed by atoms with E-state index in [4.69, 9.17) is 11.5 Å². The maximum atomic E-state index is 15.1. The van der Waals surface area contributed by atoms with Crippen molar-refractivity contribution in [2.75, 3.05) is 26.2 Å². The van der Waals surface area contributed by atoms with Crippen LogP contribution in [0.2, 0.25) is 0 Å². The number of nitrogens with one attached hydrogen (secondary N) is 9. The van der Waals surface area contributed by atoms with Gasteiger partial charge < -0.3 is 68.5 Å². The first kappa shape index (κ1) is 60.0. The number of nitrogens with zero attached hydrogens (tertiary/aromatic N) is 4. The number of aromatic nitrogens is 3. The van der Waals surface area contributed by atoms with Crippen LogP contribution < -0.4 is 48.7 Å². The van der Waals surface area contributed by atoms with Gasteiger partial charge in [-0.3, -0.25) is 52.9 Å². The minimum absolute atomic E-state index is 0.0495. The van der Waals surface area contributed by atoms with Gasteiger partial charge >= 0.3 is 0 Å². The Hall–Kier alpha value is -8.64. The molecular formula is C56H75N15O10. The van der Waals surface area contributed by atoms with Crippen molar-refractivity contribution in [2.45, 2.75) is 152 Å². The highest BCUT2D eigenvalue weighted by molar-refractivity contribution is 5.99. The zero-order valence-corrected chi connectivity index (χ0v) is 45.8. The van der Waals surface area contributed by atoms with Crippen LogP contribution in [0.25, 0.3) is 10.9 Å². The lowest BCUT2D eigenvalue weighted by Crippen LogP contribution is -2.61. The van der Waals surface area contributed by atoms with E-state index in [1.807, 2.05) is 24.3 Å². The standard InChI is InChI=1S/C56H75N15O10/c1-33(72)46-19-11-25-70(46)55(81)47-20-12-26-71(47)54(80)42-17-8-9-23-60-48(74)22-21-41(64-34(2)73)50(76)69-45(29-37-31-59-32-63-37)53(79)67-43(27-35-13-4-3-5-14-35)51(77)65-40(18-10-24-61-56(57)58)49(75)68-44(52(78)66-42)28-36-30-62-39-16-7-6-15-38(36)39/h3-7,13-16,30-32,40-47,62H,8-12,17-29H2,1-2H3,(H,59,63)(H,60,74)(H,64,73)(H,65,77)(H,66,78)(H,67,79)(H,68,75)(H,69,76)(H4,57,58,61)/t40-,41-,42-,43+,44-,45-,46-,47-/m0/s1. The summed E-state index contributed by atoms with van der Waals surface area (Å²) in [4.78, 5) is 158. The number of carbonyl (C=O) groups is 10. The molecule has 13 N–H and O–H groups in total. The Balaban J connectivity index is 1.25. The van der Waals surface area contributed by atoms with E-state index >= 15 is 4.79 Å². The third kappa shape index (κ3) is 16.9. The van der Waals surface area contributed by atoms with Crippen molar-refractivity contribution < 1.29 is 47.9 Å². The van der Waals surface area contributed by atoms with E-state index in [1.165, 1.54) is 31.3 Å². The average molecular weight is 1120 g/mol. The largest absolute Gasteiger partial charge is 0.370 e. The number of nitrogens with two attached hydrogens (primary N) is 2. The molecule has 0 spiro atoms. The lowest BCUT2D eigenvalue weighted by molar-refractivity contribution is -0.147. The number of aromatic amines is 2. The van der Waals surface area contributed by atoms with Crippen molar-refractivity contribution in [1.29, 1.82) is 0 Å². The summed E-state index contributed by atoms with van der Waals surface area (Å²) >= 11 is 0. The van der Waals surface area contributed by atoms with Crippen LogP contribution in [0.1, 0.15) is 101 Å². The molecule has 3 aliphatic heterocycles. The fourth-order valence-electron chi connectivity index (χ4n) is 10.7. The smallest absolute Gasteiger partial charge is 0.245 e. The summed E-state index contributed by atoms with van der Waals surface area (Å²) in [6, 6.07) is 6.65. The Labute approximate surface area is 469 Å². The van der Waals surface area contributed by atoms with Crippen LogP contribution in [0.15, 0.2) is 78.3 Å². The van der Waals surface area contributed by atoms with Crippen LogP contribution in [0.3, 0.4) is 0 Å². The number of benzene rings is 2.